The number of anilines is 1. The van der Waals surface area contributed by atoms with Crippen LogP contribution in [-0.4, -0.2) is 40.3 Å². The molecule has 0 heterocycles. The third kappa shape index (κ3) is 8.73. The smallest absolute Gasteiger partial charge is 0.310 e. The molecule has 2 aromatic carbocycles. The fraction of sp³-hybridized carbons (Fsp3) is 0.533. The number of carbonyl (C=O) groups excluding carboxylic acids is 2. The number of hydrogen-bond acceptors (Lipinski definition) is 9. The van der Waals surface area contributed by atoms with E-state index in [1.807, 2.05) is 19.1 Å². The number of nitrogen functional groups attached to an aromatic ring is 1. The average molecular weight is 593 g/mol. The summed E-state index contributed by atoms with van der Waals surface area (Å²) in [6.45, 7) is 4.36. The number of carbonyl (C=O) groups is 2. The number of esters is 2. The molecule has 0 amide bonds. The van der Waals surface area contributed by atoms with Crippen LogP contribution in [0.1, 0.15) is 88.2 Å². The van der Waals surface area contributed by atoms with Gasteiger partial charge in [-0.25, -0.2) is 0 Å². The third-order valence-corrected chi connectivity index (χ3v) is 7.81. The van der Waals surface area contributed by atoms with Crippen molar-refractivity contribution in [3.05, 3.63) is 57.6 Å². The topological polar surface area (TPSA) is 162 Å². The van der Waals surface area contributed by atoms with Gasteiger partial charge in [-0.3, -0.25) is 19.7 Å². The monoisotopic (exact) mass is 592 g/mol. The molecule has 2 saturated carbocycles. The number of halogens is 1. The van der Waals surface area contributed by atoms with Gasteiger partial charge in [-0.05, 0) is 75.8 Å². The molecule has 4 unspecified atom stereocenters. The van der Waals surface area contributed by atoms with Gasteiger partial charge in [-0.1, -0.05) is 37.1 Å². The molecule has 2 fully saturated rings. The molecule has 10 nitrogen and oxygen atoms in total. The fourth-order valence-corrected chi connectivity index (χ4v) is 5.83. The Hall–Kier alpha value is -3.53. The maximum Gasteiger partial charge on any atom is 0.310 e. The van der Waals surface area contributed by atoms with E-state index in [-0.39, 0.29) is 65.2 Å². The standard InChI is InChI=1S/C15H19NO5.C15H21NO3.ClH/c1-2-21-15(18)11-6-3-5-10(9-11)12-7-4-8-13(14(12)17)16(19)20;1-2-19-15(18)11-6-3-5-10(9-11)12-7-4-8-13(16)14(12)17;/h4,7-8,10-11,17H,2-3,5-6,9H2,1H3;4,7-8,10-11,17H,2-3,5-6,9,16H2,1H3;1H. The zero-order valence-corrected chi connectivity index (χ0v) is 24.4. The van der Waals surface area contributed by atoms with Gasteiger partial charge in [-0.2, -0.15) is 0 Å². The second kappa shape index (κ2) is 16.0. The number of nitrogens with two attached hydrogens (primary N) is 1. The quantitative estimate of drug-likeness (QED) is 0.109. The number of rotatable bonds is 7. The highest BCUT2D eigenvalue weighted by molar-refractivity contribution is 5.85. The Kier molecular flexibility index (Phi) is 13.2. The first-order chi connectivity index (χ1) is 19.2. The molecular formula is C30H41ClN2O8. The Morgan fingerprint density at radius 1 is 0.854 bits per heavy atom. The van der Waals surface area contributed by atoms with Crippen LogP contribution in [-0.2, 0) is 19.1 Å². The van der Waals surface area contributed by atoms with Gasteiger partial charge in [0.15, 0.2) is 5.75 Å². The first-order valence-corrected chi connectivity index (χ1v) is 14.0. The summed E-state index contributed by atoms with van der Waals surface area (Å²) in [4.78, 5) is 34.0. The minimum absolute atomic E-state index is 0. The van der Waals surface area contributed by atoms with E-state index in [9.17, 15) is 29.9 Å². The van der Waals surface area contributed by atoms with Crippen LogP contribution in [0.15, 0.2) is 36.4 Å². The zero-order valence-electron chi connectivity index (χ0n) is 23.6. The summed E-state index contributed by atoms with van der Waals surface area (Å²) in [6, 6.07) is 9.97. The minimum Gasteiger partial charge on any atom is -0.505 e. The third-order valence-electron chi connectivity index (χ3n) is 7.81. The molecular weight excluding hydrogens is 552 g/mol. The lowest BCUT2D eigenvalue weighted by molar-refractivity contribution is -0.386. The van der Waals surface area contributed by atoms with Crippen molar-refractivity contribution in [1.29, 1.82) is 0 Å². The van der Waals surface area contributed by atoms with Crippen molar-refractivity contribution in [2.75, 3.05) is 18.9 Å². The van der Waals surface area contributed by atoms with Crippen LogP contribution in [0.2, 0.25) is 0 Å². The number of benzene rings is 2. The summed E-state index contributed by atoms with van der Waals surface area (Å²) >= 11 is 0. The molecule has 0 spiro atoms. The predicted octanol–water partition coefficient (Wildman–Crippen LogP) is 6.37. The minimum atomic E-state index is -0.593. The zero-order chi connectivity index (χ0) is 29.2. The van der Waals surface area contributed by atoms with Gasteiger partial charge in [0.05, 0.1) is 35.7 Å². The molecule has 0 bridgehead atoms. The maximum absolute atomic E-state index is 11.8. The molecule has 2 aliphatic carbocycles. The van der Waals surface area contributed by atoms with E-state index in [1.165, 1.54) is 6.07 Å². The van der Waals surface area contributed by atoms with E-state index in [0.717, 1.165) is 50.5 Å². The lowest BCUT2D eigenvalue weighted by Gasteiger charge is -2.28. The molecule has 0 radical (unpaired) electrons. The summed E-state index contributed by atoms with van der Waals surface area (Å²) in [7, 11) is 0. The highest BCUT2D eigenvalue weighted by Gasteiger charge is 2.32. The second-order valence-corrected chi connectivity index (χ2v) is 10.4. The van der Waals surface area contributed by atoms with Crippen LogP contribution in [0, 0.1) is 22.0 Å². The van der Waals surface area contributed by atoms with Gasteiger partial charge in [-0.15, -0.1) is 12.4 Å². The van der Waals surface area contributed by atoms with Crippen LogP contribution in [0.25, 0.3) is 0 Å². The van der Waals surface area contributed by atoms with Crippen molar-refractivity contribution in [1.82, 2.24) is 0 Å². The Labute approximate surface area is 246 Å². The lowest BCUT2D eigenvalue weighted by atomic mass is 9.77. The van der Waals surface area contributed by atoms with Crippen molar-refractivity contribution in [2.24, 2.45) is 11.8 Å². The number of hydrogen-bond donors (Lipinski definition) is 3. The van der Waals surface area contributed by atoms with Crippen LogP contribution in [0.5, 0.6) is 11.5 Å². The number of ether oxygens (including phenoxy) is 2. The molecule has 2 aromatic rings. The molecule has 41 heavy (non-hydrogen) atoms. The Morgan fingerprint density at radius 2 is 1.32 bits per heavy atom. The van der Waals surface area contributed by atoms with Gasteiger partial charge >= 0.3 is 17.6 Å². The molecule has 2 aliphatic rings. The number of phenols is 2. The van der Waals surface area contributed by atoms with E-state index < -0.39 is 4.92 Å². The van der Waals surface area contributed by atoms with Crippen molar-refractivity contribution >= 4 is 35.7 Å². The van der Waals surface area contributed by atoms with Crippen LogP contribution in [0.4, 0.5) is 11.4 Å². The van der Waals surface area contributed by atoms with Crippen LogP contribution >= 0.6 is 12.4 Å². The first kappa shape index (κ1) is 33.7. The average Bonchev–Trinajstić information content (AvgIpc) is 2.95. The number of nitro benzene ring substituents is 1. The Balaban J connectivity index is 0.000000281. The molecule has 11 heteroatoms. The summed E-state index contributed by atoms with van der Waals surface area (Å²) < 4.78 is 10.1. The number of para-hydroxylation sites is 2. The van der Waals surface area contributed by atoms with Gasteiger partial charge < -0.3 is 25.4 Å². The highest BCUT2D eigenvalue weighted by atomic mass is 35.5. The van der Waals surface area contributed by atoms with E-state index in [2.05, 4.69) is 0 Å². The van der Waals surface area contributed by atoms with E-state index >= 15 is 0 Å². The number of nitrogens with zero attached hydrogens (tertiary/aromatic N) is 1. The summed E-state index contributed by atoms with van der Waals surface area (Å²) in [5.74, 6) is -0.557. The number of phenolic OH excluding ortho intramolecular Hbond substituents is 2. The number of nitro groups is 1. The second-order valence-electron chi connectivity index (χ2n) is 10.4. The van der Waals surface area contributed by atoms with Crippen molar-refractivity contribution < 1.29 is 34.2 Å². The van der Waals surface area contributed by atoms with Crippen molar-refractivity contribution in [3.63, 3.8) is 0 Å². The summed E-state index contributed by atoms with van der Waals surface area (Å²) in [5, 5.41) is 31.0. The summed E-state index contributed by atoms with van der Waals surface area (Å²) in [6.07, 6.45) is 6.54. The molecule has 4 rings (SSSR count). The van der Waals surface area contributed by atoms with E-state index in [1.54, 1.807) is 25.1 Å². The van der Waals surface area contributed by atoms with Crippen LogP contribution < -0.4 is 5.73 Å². The van der Waals surface area contributed by atoms with Gasteiger partial charge in [0.1, 0.15) is 5.75 Å². The Bertz CT molecular complexity index is 1190. The van der Waals surface area contributed by atoms with Gasteiger partial charge in [0.2, 0.25) is 0 Å². The number of aromatic hydroxyl groups is 2. The Morgan fingerprint density at radius 3 is 1.78 bits per heavy atom. The van der Waals surface area contributed by atoms with Gasteiger partial charge in [0, 0.05) is 11.6 Å². The lowest BCUT2D eigenvalue weighted by Crippen LogP contribution is -2.24. The predicted molar refractivity (Wildman–Crippen MR) is 157 cm³/mol. The van der Waals surface area contributed by atoms with Gasteiger partial charge in [0.25, 0.3) is 0 Å². The van der Waals surface area contributed by atoms with E-state index in [4.69, 9.17) is 15.2 Å². The molecule has 4 atom stereocenters. The van der Waals surface area contributed by atoms with Crippen molar-refractivity contribution in [2.45, 2.75) is 77.0 Å². The maximum atomic E-state index is 11.8. The van der Waals surface area contributed by atoms with Crippen LogP contribution in [0.3, 0.4) is 0 Å². The molecule has 0 aliphatic heterocycles. The largest absolute Gasteiger partial charge is 0.505 e. The van der Waals surface area contributed by atoms with Crippen molar-refractivity contribution in [3.8, 4) is 11.5 Å². The first-order valence-electron chi connectivity index (χ1n) is 14.0. The normalized spacial score (nSPS) is 21.8. The SMILES string of the molecule is CCOC(=O)C1CCCC(c2cccc(N)c2O)C1.CCOC(=O)C1CCCC(c2cccc([N+](=O)[O-])c2O)C1.Cl. The molecule has 226 valence electrons. The van der Waals surface area contributed by atoms with E-state index in [0.29, 0.717) is 30.9 Å². The molecule has 0 saturated heterocycles. The highest BCUT2D eigenvalue weighted by Crippen LogP contribution is 2.43. The summed E-state index contributed by atoms with van der Waals surface area (Å²) in [5.41, 5.74) is 7.25. The fourth-order valence-electron chi connectivity index (χ4n) is 5.83. The molecule has 0 aromatic heterocycles. The molecule has 4 N–H and O–H groups in total.